The topological polar surface area (TPSA) is 63.6 Å². The monoisotopic (exact) mass is 368 g/mol. The Bertz CT molecular complexity index is 498. The molecule has 1 aliphatic carbocycles. The maximum Gasteiger partial charge on any atom is 0.303 e. The number of aliphatic carboxylic acids is 1. The Morgan fingerprint density at radius 2 is 1.76 bits per heavy atom. The first-order chi connectivity index (χ1) is 12.1. The molecule has 1 saturated carbocycles. The largest absolute Gasteiger partial charge is 0.481 e. The second-order valence-electron chi connectivity index (χ2n) is 7.92. The van der Waals surface area contributed by atoms with Crippen LogP contribution in [-0.2, 0) is 20.3 Å². The van der Waals surface area contributed by atoms with E-state index in [-0.39, 0.29) is 6.42 Å². The van der Waals surface area contributed by atoms with Crippen molar-refractivity contribution >= 4 is 16.8 Å². The van der Waals surface area contributed by atoms with Crippen molar-refractivity contribution in [1.29, 1.82) is 0 Å². The molecule has 0 amide bonds. The van der Waals surface area contributed by atoms with E-state index in [1.54, 1.807) is 0 Å². The summed E-state index contributed by atoms with van der Waals surface area (Å²) in [6.45, 7) is 0. The van der Waals surface area contributed by atoms with Gasteiger partial charge in [-0.3, -0.25) is 9.00 Å². The lowest BCUT2D eigenvalue weighted by molar-refractivity contribution is -0.137. The molecular formula is C20H32O4S. The average Bonchev–Trinajstić information content (AvgIpc) is 3.21. The van der Waals surface area contributed by atoms with Crippen LogP contribution in [0.3, 0.4) is 0 Å². The van der Waals surface area contributed by atoms with Crippen molar-refractivity contribution in [3.8, 4) is 0 Å². The van der Waals surface area contributed by atoms with Crippen molar-refractivity contribution in [1.82, 2.24) is 0 Å². The third kappa shape index (κ3) is 5.16. The Labute approximate surface area is 153 Å². The Hall–Kier alpha value is -0.680. The highest BCUT2D eigenvalue weighted by Gasteiger charge is 2.48. The van der Waals surface area contributed by atoms with E-state index < -0.39 is 16.8 Å². The van der Waals surface area contributed by atoms with E-state index in [0.717, 1.165) is 44.3 Å². The lowest BCUT2D eigenvalue weighted by Gasteiger charge is -2.29. The summed E-state index contributed by atoms with van der Waals surface area (Å²) in [5.74, 6) is 1.05. The fourth-order valence-corrected chi connectivity index (χ4v) is 6.80. The van der Waals surface area contributed by atoms with Crippen molar-refractivity contribution < 1.29 is 18.8 Å². The van der Waals surface area contributed by atoms with Crippen LogP contribution in [0.1, 0.15) is 70.6 Å². The highest BCUT2D eigenvalue weighted by atomic mass is 32.2. The van der Waals surface area contributed by atoms with Gasteiger partial charge < -0.3 is 9.84 Å². The molecule has 1 unspecified atom stereocenters. The fourth-order valence-electron chi connectivity index (χ4n) is 4.82. The van der Waals surface area contributed by atoms with Gasteiger partial charge in [0.25, 0.3) is 0 Å². The summed E-state index contributed by atoms with van der Waals surface area (Å²) in [5, 5.41) is 9.09. The van der Waals surface area contributed by atoms with E-state index in [1.165, 1.54) is 19.3 Å². The van der Waals surface area contributed by atoms with Crippen LogP contribution in [0, 0.1) is 11.8 Å². The molecule has 25 heavy (non-hydrogen) atoms. The van der Waals surface area contributed by atoms with Gasteiger partial charge in [0.1, 0.15) is 0 Å². The van der Waals surface area contributed by atoms with Crippen molar-refractivity contribution in [3.63, 3.8) is 0 Å². The molecule has 2 saturated heterocycles. The van der Waals surface area contributed by atoms with Crippen LogP contribution in [0.5, 0.6) is 0 Å². The number of hydrogen-bond donors (Lipinski definition) is 1. The van der Waals surface area contributed by atoms with Crippen LogP contribution in [-0.4, -0.2) is 38.5 Å². The molecular weight excluding hydrogens is 336 g/mol. The van der Waals surface area contributed by atoms with Crippen molar-refractivity contribution in [3.05, 3.63) is 12.2 Å². The minimum atomic E-state index is -0.722. The van der Waals surface area contributed by atoms with E-state index in [2.05, 4.69) is 12.2 Å². The van der Waals surface area contributed by atoms with Gasteiger partial charge in [0.15, 0.2) is 0 Å². The molecule has 4 nitrogen and oxygen atoms in total. The minimum Gasteiger partial charge on any atom is -0.481 e. The average molecular weight is 369 g/mol. The van der Waals surface area contributed by atoms with Crippen LogP contribution in [0.2, 0.25) is 0 Å². The molecule has 2 heterocycles. The zero-order valence-electron chi connectivity index (χ0n) is 15.1. The SMILES string of the molecule is O=C(O)CCC/C=C\C[C@@H]1[C@H](CS(=O)C2CCCCC2)[C@@H]2CC[C@H]1O2. The number of rotatable bonds is 9. The van der Waals surface area contributed by atoms with E-state index in [1.807, 2.05) is 0 Å². The predicted molar refractivity (Wildman–Crippen MR) is 100 cm³/mol. The van der Waals surface area contributed by atoms with Gasteiger partial charge >= 0.3 is 5.97 Å². The smallest absolute Gasteiger partial charge is 0.303 e. The van der Waals surface area contributed by atoms with Crippen molar-refractivity contribution in [2.75, 3.05) is 5.75 Å². The Morgan fingerprint density at radius 1 is 1.04 bits per heavy atom. The third-order valence-corrected chi connectivity index (χ3v) is 8.14. The summed E-state index contributed by atoms with van der Waals surface area (Å²) >= 11 is 0. The maximum atomic E-state index is 12.8. The van der Waals surface area contributed by atoms with E-state index in [0.29, 0.717) is 35.7 Å². The highest BCUT2D eigenvalue weighted by Crippen LogP contribution is 2.46. The molecule has 2 bridgehead atoms. The third-order valence-electron chi connectivity index (χ3n) is 6.21. The van der Waals surface area contributed by atoms with Crippen LogP contribution in [0.25, 0.3) is 0 Å². The molecule has 0 radical (unpaired) electrons. The summed E-state index contributed by atoms with van der Waals surface area (Å²) in [7, 11) is -0.704. The number of ether oxygens (including phenoxy) is 1. The quantitative estimate of drug-likeness (QED) is 0.492. The molecule has 0 aromatic carbocycles. The Balaban J connectivity index is 1.48. The molecule has 3 rings (SSSR count). The van der Waals surface area contributed by atoms with Gasteiger partial charge in [-0.1, -0.05) is 31.4 Å². The number of carboxylic acid groups (broad SMARTS) is 1. The lowest BCUT2D eigenvalue weighted by Crippen LogP contribution is -2.34. The first-order valence-electron chi connectivity index (χ1n) is 10.0. The normalized spacial score (nSPS) is 33.9. The van der Waals surface area contributed by atoms with Gasteiger partial charge in [0.05, 0.1) is 12.2 Å². The van der Waals surface area contributed by atoms with Crippen LogP contribution < -0.4 is 0 Å². The van der Waals surface area contributed by atoms with E-state index >= 15 is 0 Å². The molecule has 0 aromatic rings. The number of allylic oxidation sites excluding steroid dienone is 2. The summed E-state index contributed by atoms with van der Waals surface area (Å²) in [4.78, 5) is 10.5. The van der Waals surface area contributed by atoms with Crippen LogP contribution in [0.4, 0.5) is 0 Å². The predicted octanol–water partition coefficient (Wildman–Crippen LogP) is 4.06. The van der Waals surface area contributed by atoms with Gasteiger partial charge in [0.2, 0.25) is 0 Å². The highest BCUT2D eigenvalue weighted by molar-refractivity contribution is 7.85. The number of carboxylic acids is 1. The summed E-state index contributed by atoms with van der Waals surface area (Å²) < 4.78 is 19.0. The van der Waals surface area contributed by atoms with Gasteiger partial charge in [-0.05, 0) is 50.9 Å². The first-order valence-corrected chi connectivity index (χ1v) is 11.4. The molecule has 3 aliphatic rings. The van der Waals surface area contributed by atoms with Crippen LogP contribution >= 0.6 is 0 Å². The molecule has 3 fully saturated rings. The zero-order chi connectivity index (χ0) is 17.6. The number of hydrogen-bond acceptors (Lipinski definition) is 3. The molecule has 2 aliphatic heterocycles. The van der Waals surface area contributed by atoms with Crippen LogP contribution in [0.15, 0.2) is 12.2 Å². The Kier molecular flexibility index (Phi) is 7.11. The molecule has 0 aromatic heterocycles. The van der Waals surface area contributed by atoms with Gasteiger partial charge in [-0.2, -0.15) is 0 Å². The zero-order valence-corrected chi connectivity index (χ0v) is 15.9. The number of unbranched alkanes of at least 4 members (excludes halogenated alkanes) is 1. The molecule has 142 valence electrons. The second-order valence-corrected chi connectivity index (χ2v) is 9.68. The van der Waals surface area contributed by atoms with Gasteiger partial charge in [-0.15, -0.1) is 0 Å². The summed E-state index contributed by atoms with van der Waals surface area (Å²) in [5.41, 5.74) is 0. The van der Waals surface area contributed by atoms with E-state index in [4.69, 9.17) is 9.84 Å². The minimum absolute atomic E-state index is 0.241. The molecule has 1 N–H and O–H groups in total. The summed E-state index contributed by atoms with van der Waals surface area (Å²) in [6.07, 6.45) is 16.1. The maximum absolute atomic E-state index is 12.8. The summed E-state index contributed by atoms with van der Waals surface area (Å²) in [6, 6.07) is 0. The number of carbonyl (C=O) groups is 1. The van der Waals surface area contributed by atoms with E-state index in [9.17, 15) is 9.00 Å². The standard InChI is InChI=1S/C20H32O4S/c21-20(22)11-7-2-1-6-10-16-17(19-13-12-18(16)24-19)14-25(23)15-8-4-3-5-9-15/h1,6,15-19H,2-5,7-14H2,(H,21,22)/b6-1-/t16-,17+,18-,19+,25?/m1/s1. The van der Waals surface area contributed by atoms with Gasteiger partial charge in [0, 0.05) is 34.1 Å². The Morgan fingerprint density at radius 3 is 2.48 bits per heavy atom. The lowest BCUT2D eigenvalue weighted by atomic mass is 9.78. The van der Waals surface area contributed by atoms with Crippen molar-refractivity contribution in [2.45, 2.75) is 88.1 Å². The fraction of sp³-hybridized carbons (Fsp3) is 0.850. The molecule has 5 heteroatoms. The molecule has 0 spiro atoms. The second kappa shape index (κ2) is 9.31. The number of fused-ring (bicyclic) bond motifs is 2. The van der Waals surface area contributed by atoms with Crippen molar-refractivity contribution in [2.24, 2.45) is 11.8 Å². The van der Waals surface area contributed by atoms with Gasteiger partial charge in [-0.25, -0.2) is 0 Å². The molecule has 5 atom stereocenters. The first kappa shape index (κ1) is 19.1.